The summed E-state index contributed by atoms with van der Waals surface area (Å²) in [6.45, 7) is 7.63. The number of urea groups is 1. The molecule has 1 heterocycles. The van der Waals surface area contributed by atoms with Crippen molar-refractivity contribution in [2.45, 2.75) is 58.5 Å². The first-order valence-electron chi connectivity index (χ1n) is 11.3. The van der Waals surface area contributed by atoms with E-state index in [0.29, 0.717) is 17.1 Å². The number of hydrogen-bond donors (Lipinski definition) is 2. The number of anilines is 1. The molecule has 170 valence electrons. The minimum Gasteiger partial charge on any atom is -0.337 e. The van der Waals surface area contributed by atoms with Crippen molar-refractivity contribution in [3.05, 3.63) is 65.2 Å². The number of halogens is 1. The zero-order valence-corrected chi connectivity index (χ0v) is 19.8. The lowest BCUT2D eigenvalue weighted by atomic mass is 9.65. The van der Waals surface area contributed by atoms with Crippen LogP contribution in [-0.2, 0) is 11.2 Å². The van der Waals surface area contributed by atoms with E-state index in [1.54, 1.807) is 24.3 Å². The number of fused-ring (bicyclic) bond motifs is 2. The van der Waals surface area contributed by atoms with Gasteiger partial charge in [-0.3, -0.25) is 4.79 Å². The van der Waals surface area contributed by atoms with Crippen LogP contribution in [0.3, 0.4) is 0 Å². The van der Waals surface area contributed by atoms with Crippen LogP contribution in [0.15, 0.2) is 54.6 Å². The van der Waals surface area contributed by atoms with Gasteiger partial charge < -0.3 is 15.5 Å². The van der Waals surface area contributed by atoms with Gasteiger partial charge in [0.15, 0.2) is 0 Å². The number of nitrogens with zero attached hydrogens (tertiary/aromatic N) is 1. The molecule has 2 aliphatic rings. The summed E-state index contributed by atoms with van der Waals surface area (Å²) < 4.78 is 0. The van der Waals surface area contributed by atoms with Crippen molar-refractivity contribution in [1.29, 1.82) is 0 Å². The molecular formula is C26H32ClN3O2. The summed E-state index contributed by atoms with van der Waals surface area (Å²) >= 11 is 6.03. The highest BCUT2D eigenvalue weighted by molar-refractivity contribution is 6.30. The quantitative estimate of drug-likeness (QED) is 0.627. The molecule has 0 spiro atoms. The van der Waals surface area contributed by atoms with Crippen LogP contribution in [0, 0.1) is 10.8 Å². The predicted molar refractivity (Wildman–Crippen MR) is 129 cm³/mol. The van der Waals surface area contributed by atoms with Gasteiger partial charge in [-0.05, 0) is 53.9 Å². The highest BCUT2D eigenvalue weighted by Crippen LogP contribution is 2.52. The zero-order valence-electron chi connectivity index (χ0n) is 19.0. The fraction of sp³-hybridized carbons (Fsp3) is 0.462. The van der Waals surface area contributed by atoms with Crippen LogP contribution in [0.2, 0.25) is 5.02 Å². The largest absolute Gasteiger partial charge is 0.337 e. The van der Waals surface area contributed by atoms with Crippen LogP contribution < -0.4 is 10.6 Å². The highest BCUT2D eigenvalue weighted by Gasteiger charge is 2.51. The number of amides is 3. The Balaban J connectivity index is 1.52. The first kappa shape index (κ1) is 22.7. The van der Waals surface area contributed by atoms with E-state index in [2.05, 4.69) is 31.4 Å². The second-order valence-corrected chi connectivity index (χ2v) is 11.0. The molecule has 2 aromatic carbocycles. The van der Waals surface area contributed by atoms with Gasteiger partial charge in [-0.25, -0.2) is 4.79 Å². The molecule has 1 saturated heterocycles. The predicted octanol–water partition coefficient (Wildman–Crippen LogP) is 5.50. The molecule has 2 fully saturated rings. The van der Waals surface area contributed by atoms with E-state index >= 15 is 0 Å². The number of benzene rings is 2. The Morgan fingerprint density at radius 3 is 2.56 bits per heavy atom. The minimum atomic E-state index is -0.636. The lowest BCUT2D eigenvalue weighted by molar-refractivity contribution is -0.134. The van der Waals surface area contributed by atoms with Crippen LogP contribution >= 0.6 is 11.6 Å². The van der Waals surface area contributed by atoms with Gasteiger partial charge in [0.2, 0.25) is 5.91 Å². The Kier molecular flexibility index (Phi) is 6.22. The molecule has 2 N–H and O–H groups in total. The average Bonchev–Trinajstić information content (AvgIpc) is 2.96. The average molecular weight is 454 g/mol. The van der Waals surface area contributed by atoms with E-state index in [9.17, 15) is 9.59 Å². The summed E-state index contributed by atoms with van der Waals surface area (Å²) in [5, 5.41) is 6.29. The Hall–Kier alpha value is -2.53. The maximum Gasteiger partial charge on any atom is 0.319 e. The van der Waals surface area contributed by atoms with Crippen LogP contribution in [0.25, 0.3) is 0 Å². The molecule has 2 bridgehead atoms. The normalized spacial score (nSPS) is 24.6. The molecule has 6 heteroatoms. The van der Waals surface area contributed by atoms with E-state index in [4.69, 9.17) is 11.6 Å². The molecule has 32 heavy (non-hydrogen) atoms. The summed E-state index contributed by atoms with van der Waals surface area (Å²) in [7, 11) is 0. The third-order valence-corrected chi connectivity index (χ3v) is 6.90. The number of carbonyl (C=O) groups excluding carboxylic acids is 2. The Morgan fingerprint density at radius 2 is 1.84 bits per heavy atom. The topological polar surface area (TPSA) is 61.4 Å². The summed E-state index contributed by atoms with van der Waals surface area (Å²) in [4.78, 5) is 28.6. The van der Waals surface area contributed by atoms with Gasteiger partial charge in [-0.15, -0.1) is 0 Å². The lowest BCUT2D eigenvalue weighted by Crippen LogP contribution is -2.52. The smallest absolute Gasteiger partial charge is 0.319 e. The molecule has 4 rings (SSSR count). The summed E-state index contributed by atoms with van der Waals surface area (Å²) in [5.74, 6) is 0.00141. The van der Waals surface area contributed by atoms with Gasteiger partial charge >= 0.3 is 6.03 Å². The van der Waals surface area contributed by atoms with Gasteiger partial charge in [0.1, 0.15) is 6.04 Å². The van der Waals surface area contributed by atoms with E-state index in [0.717, 1.165) is 31.4 Å². The molecular weight excluding hydrogens is 422 g/mol. The van der Waals surface area contributed by atoms with Crippen LogP contribution in [-0.4, -0.2) is 35.5 Å². The van der Waals surface area contributed by atoms with Crippen molar-refractivity contribution in [3.8, 4) is 0 Å². The van der Waals surface area contributed by atoms with Gasteiger partial charge in [-0.1, -0.05) is 68.8 Å². The van der Waals surface area contributed by atoms with Crippen LogP contribution in [0.4, 0.5) is 10.5 Å². The third kappa shape index (κ3) is 5.26. The number of hydrogen-bond acceptors (Lipinski definition) is 2. The first-order valence-corrected chi connectivity index (χ1v) is 11.7. The SMILES string of the molecule is CC1(C)CC2CC(C)(CN2C(=O)C(Cc2ccccc2)NC(=O)Nc2cccc(Cl)c2)C1. The Labute approximate surface area is 195 Å². The van der Waals surface area contributed by atoms with Crippen LogP contribution in [0.5, 0.6) is 0 Å². The molecule has 0 aromatic heterocycles. The van der Waals surface area contributed by atoms with Crippen molar-refractivity contribution in [3.63, 3.8) is 0 Å². The molecule has 1 aliphatic carbocycles. The molecule has 2 aromatic rings. The third-order valence-electron chi connectivity index (χ3n) is 6.67. The molecule has 3 amide bonds. The van der Waals surface area contributed by atoms with Crippen molar-refractivity contribution in [2.75, 3.05) is 11.9 Å². The summed E-state index contributed by atoms with van der Waals surface area (Å²) in [6, 6.07) is 16.0. The maximum atomic E-state index is 13.8. The fourth-order valence-corrected chi connectivity index (χ4v) is 6.05. The van der Waals surface area contributed by atoms with Crippen molar-refractivity contribution >= 4 is 29.2 Å². The van der Waals surface area contributed by atoms with Crippen molar-refractivity contribution in [1.82, 2.24) is 10.2 Å². The van der Waals surface area contributed by atoms with Gasteiger partial charge in [0, 0.05) is 29.7 Å². The lowest BCUT2D eigenvalue weighted by Gasteiger charge is -2.39. The van der Waals surface area contributed by atoms with Crippen LogP contribution in [0.1, 0.15) is 45.6 Å². The van der Waals surface area contributed by atoms with E-state index in [1.807, 2.05) is 35.2 Å². The number of rotatable bonds is 5. The molecule has 1 aliphatic heterocycles. The number of likely N-dealkylation sites (tertiary alicyclic amines) is 1. The van der Waals surface area contributed by atoms with E-state index in [1.165, 1.54) is 0 Å². The molecule has 1 saturated carbocycles. The maximum absolute atomic E-state index is 13.8. The zero-order chi connectivity index (χ0) is 22.9. The Bertz CT molecular complexity index is 994. The standard InChI is InChI=1S/C26H32ClN3O2/c1-25(2)14-21-15-26(3,16-25)17-30(21)23(31)22(12-18-8-5-4-6-9-18)29-24(32)28-20-11-7-10-19(27)13-20/h4-11,13,21-22H,12,14-17H2,1-3H3,(H2,28,29,32). The highest BCUT2D eigenvalue weighted by atomic mass is 35.5. The van der Waals surface area contributed by atoms with Gasteiger partial charge in [0.25, 0.3) is 0 Å². The summed E-state index contributed by atoms with van der Waals surface area (Å²) in [5.41, 5.74) is 1.97. The fourth-order valence-electron chi connectivity index (χ4n) is 5.86. The molecule has 0 radical (unpaired) electrons. The molecule has 5 nitrogen and oxygen atoms in total. The number of nitrogens with one attached hydrogen (secondary N) is 2. The Morgan fingerprint density at radius 1 is 1.09 bits per heavy atom. The molecule has 3 atom stereocenters. The first-order chi connectivity index (χ1) is 15.1. The van der Waals surface area contributed by atoms with Crippen molar-refractivity contribution < 1.29 is 9.59 Å². The minimum absolute atomic E-state index is 0.00141. The van der Waals surface area contributed by atoms with E-state index in [-0.39, 0.29) is 22.8 Å². The van der Waals surface area contributed by atoms with Gasteiger partial charge in [0.05, 0.1) is 0 Å². The number of carbonyl (C=O) groups is 2. The van der Waals surface area contributed by atoms with Gasteiger partial charge in [-0.2, -0.15) is 0 Å². The second-order valence-electron chi connectivity index (χ2n) is 10.5. The molecule has 3 unspecified atom stereocenters. The van der Waals surface area contributed by atoms with Crippen molar-refractivity contribution in [2.24, 2.45) is 10.8 Å². The van der Waals surface area contributed by atoms with E-state index < -0.39 is 12.1 Å². The summed E-state index contributed by atoms with van der Waals surface area (Å²) in [6.07, 6.45) is 3.61. The monoisotopic (exact) mass is 453 g/mol. The second kappa shape index (κ2) is 8.78.